The van der Waals surface area contributed by atoms with Crippen LogP contribution in [-0.4, -0.2) is 9.13 Å². The Balaban J connectivity index is 1.51. The minimum absolute atomic E-state index is 0.214. The molecule has 0 N–H and O–H groups in total. The fraction of sp³-hybridized carbons (Fsp3) is 0.0968. The number of benzene rings is 4. The molecule has 0 bridgehead atoms. The van der Waals surface area contributed by atoms with E-state index in [4.69, 9.17) is 0 Å². The highest BCUT2D eigenvalue weighted by atomic mass is 19.1. The number of nitrogens with zero attached hydrogens (tertiary/aromatic N) is 2. The van der Waals surface area contributed by atoms with Crippen LogP contribution in [0.2, 0.25) is 0 Å². The highest BCUT2D eigenvalue weighted by molar-refractivity contribution is 6.09. The summed E-state index contributed by atoms with van der Waals surface area (Å²) in [6.07, 6.45) is 1.99. The fourth-order valence-electron chi connectivity index (χ4n) is 5.68. The van der Waals surface area contributed by atoms with Gasteiger partial charge in [0.1, 0.15) is 23.3 Å². The molecular formula is C31H20F4N2. The summed E-state index contributed by atoms with van der Waals surface area (Å²) in [6.45, 7) is 1.84. The summed E-state index contributed by atoms with van der Waals surface area (Å²) in [5, 5.41) is 1.90. The molecule has 0 fully saturated rings. The summed E-state index contributed by atoms with van der Waals surface area (Å²) in [6, 6.07) is 21.4. The van der Waals surface area contributed by atoms with E-state index in [1.807, 2.05) is 35.8 Å². The lowest BCUT2D eigenvalue weighted by Crippen LogP contribution is -2.11. The minimum atomic E-state index is -0.392. The van der Waals surface area contributed by atoms with E-state index in [9.17, 15) is 17.6 Å². The van der Waals surface area contributed by atoms with Crippen LogP contribution in [0.1, 0.15) is 18.2 Å². The topological polar surface area (TPSA) is 9.86 Å². The number of fused-ring (bicyclic) bond motifs is 6. The van der Waals surface area contributed by atoms with Gasteiger partial charge in [0.15, 0.2) is 0 Å². The highest BCUT2D eigenvalue weighted by Crippen LogP contribution is 2.39. The van der Waals surface area contributed by atoms with Gasteiger partial charge in [-0.05, 0) is 85.3 Å². The summed E-state index contributed by atoms with van der Waals surface area (Å²) < 4.78 is 61.2. The Labute approximate surface area is 209 Å². The maximum absolute atomic E-state index is 14.6. The average molecular weight is 497 g/mol. The van der Waals surface area contributed by atoms with Crippen LogP contribution in [0.5, 0.6) is 0 Å². The second-order valence-electron chi connectivity index (χ2n) is 9.67. The summed E-state index contributed by atoms with van der Waals surface area (Å²) in [4.78, 5) is 0. The van der Waals surface area contributed by atoms with Crippen molar-refractivity contribution in [2.24, 2.45) is 5.92 Å². The van der Waals surface area contributed by atoms with E-state index in [-0.39, 0.29) is 17.6 Å². The molecule has 6 aromatic rings. The van der Waals surface area contributed by atoms with Crippen LogP contribution < -0.4 is 0 Å². The maximum atomic E-state index is 14.6. The Kier molecular flexibility index (Phi) is 4.64. The maximum Gasteiger partial charge on any atom is 0.123 e. The van der Waals surface area contributed by atoms with E-state index in [0.29, 0.717) is 28.1 Å². The van der Waals surface area contributed by atoms with Crippen LogP contribution >= 0.6 is 0 Å². The normalized spacial score (nSPS) is 15.5. The molecule has 2 nitrogen and oxygen atoms in total. The molecule has 1 aliphatic carbocycles. The molecule has 2 heterocycles. The molecule has 0 aliphatic heterocycles. The SMILES string of the molecule is CC1Cc2c(c3cc(F)ccc3n2-c2cccc(-n3c4ccc(F)cc4c4cc(F)ccc43)c2)C=C1F. The van der Waals surface area contributed by atoms with Crippen molar-refractivity contribution in [2.45, 2.75) is 13.3 Å². The standard InChI is InChI=1S/C31H20F4N2/c1-17-11-31-26(16-27(17)35)25-14-20(34)7-10-30(25)37(31)22-4-2-3-21(15-22)36-28-8-5-18(32)12-23(28)24-13-19(33)6-9-29(24)36/h2-10,12-17H,11H2,1H3. The van der Waals surface area contributed by atoms with Crippen molar-refractivity contribution < 1.29 is 17.6 Å². The van der Waals surface area contributed by atoms with E-state index in [1.165, 1.54) is 42.5 Å². The monoisotopic (exact) mass is 496 g/mol. The summed E-state index contributed by atoms with van der Waals surface area (Å²) in [5.74, 6) is -1.66. The molecule has 0 amide bonds. The lowest BCUT2D eigenvalue weighted by atomic mass is 9.93. The highest BCUT2D eigenvalue weighted by Gasteiger charge is 2.26. The second kappa shape index (κ2) is 7.84. The predicted molar refractivity (Wildman–Crippen MR) is 139 cm³/mol. The Bertz CT molecular complexity index is 1870. The number of rotatable bonds is 2. The van der Waals surface area contributed by atoms with Gasteiger partial charge in [0.2, 0.25) is 0 Å². The fourth-order valence-corrected chi connectivity index (χ4v) is 5.68. The van der Waals surface area contributed by atoms with Crippen molar-refractivity contribution in [1.29, 1.82) is 0 Å². The average Bonchev–Trinajstić information content (AvgIpc) is 3.36. The summed E-state index contributed by atoms with van der Waals surface area (Å²) in [5.41, 5.74) is 5.53. The third-order valence-electron chi connectivity index (χ3n) is 7.36. The van der Waals surface area contributed by atoms with Crippen LogP contribution in [0.3, 0.4) is 0 Å². The first kappa shape index (κ1) is 21.9. The van der Waals surface area contributed by atoms with E-state index in [2.05, 4.69) is 4.57 Å². The molecule has 0 radical (unpaired) electrons. The molecule has 182 valence electrons. The summed E-state index contributed by atoms with van der Waals surface area (Å²) >= 11 is 0. The first-order valence-corrected chi connectivity index (χ1v) is 12.1. The van der Waals surface area contributed by atoms with Gasteiger partial charge in [0, 0.05) is 44.7 Å². The van der Waals surface area contributed by atoms with Crippen molar-refractivity contribution in [2.75, 3.05) is 0 Å². The van der Waals surface area contributed by atoms with Crippen LogP contribution in [0, 0.1) is 23.4 Å². The minimum Gasteiger partial charge on any atom is -0.313 e. The molecule has 4 aromatic carbocycles. The van der Waals surface area contributed by atoms with Gasteiger partial charge in [0.25, 0.3) is 0 Å². The Morgan fingerprint density at radius 3 is 1.73 bits per heavy atom. The number of halogens is 4. The van der Waals surface area contributed by atoms with Crippen molar-refractivity contribution in [3.63, 3.8) is 0 Å². The third-order valence-corrected chi connectivity index (χ3v) is 7.36. The predicted octanol–water partition coefficient (Wildman–Crippen LogP) is 8.65. The van der Waals surface area contributed by atoms with E-state index in [1.54, 1.807) is 18.2 Å². The molecule has 0 saturated heterocycles. The van der Waals surface area contributed by atoms with Crippen molar-refractivity contribution in [3.8, 4) is 11.4 Å². The first-order chi connectivity index (χ1) is 17.9. The Hall–Kier alpha value is -4.32. The quantitative estimate of drug-likeness (QED) is 0.212. The van der Waals surface area contributed by atoms with Gasteiger partial charge in [-0.1, -0.05) is 13.0 Å². The molecule has 6 heteroatoms. The molecule has 2 aromatic heterocycles. The van der Waals surface area contributed by atoms with Gasteiger partial charge in [0.05, 0.1) is 16.6 Å². The summed E-state index contributed by atoms with van der Waals surface area (Å²) in [7, 11) is 0. The van der Waals surface area contributed by atoms with Crippen LogP contribution in [0.25, 0.3) is 50.2 Å². The third kappa shape index (κ3) is 3.25. The smallest absolute Gasteiger partial charge is 0.123 e. The van der Waals surface area contributed by atoms with Gasteiger partial charge < -0.3 is 9.13 Å². The van der Waals surface area contributed by atoms with Crippen molar-refractivity contribution in [3.05, 3.63) is 113 Å². The largest absolute Gasteiger partial charge is 0.313 e. The zero-order valence-electron chi connectivity index (χ0n) is 19.8. The van der Waals surface area contributed by atoms with Gasteiger partial charge in [-0.25, -0.2) is 17.6 Å². The molecule has 1 atom stereocenters. The van der Waals surface area contributed by atoms with Gasteiger partial charge >= 0.3 is 0 Å². The van der Waals surface area contributed by atoms with Crippen molar-refractivity contribution >= 4 is 38.8 Å². The Morgan fingerprint density at radius 1 is 0.622 bits per heavy atom. The van der Waals surface area contributed by atoms with Gasteiger partial charge in [-0.3, -0.25) is 0 Å². The number of hydrogen-bond acceptors (Lipinski definition) is 0. The van der Waals surface area contributed by atoms with Gasteiger partial charge in [-0.2, -0.15) is 0 Å². The van der Waals surface area contributed by atoms with Crippen LogP contribution in [0.15, 0.2) is 84.7 Å². The van der Waals surface area contributed by atoms with Crippen molar-refractivity contribution in [1.82, 2.24) is 9.13 Å². The molecule has 1 unspecified atom stereocenters. The molecule has 0 saturated carbocycles. The van der Waals surface area contributed by atoms with E-state index >= 15 is 0 Å². The van der Waals surface area contributed by atoms with Crippen LogP contribution in [-0.2, 0) is 6.42 Å². The molecule has 7 rings (SSSR count). The lowest BCUT2D eigenvalue weighted by Gasteiger charge is -2.19. The number of allylic oxidation sites excluding steroid dienone is 1. The molecule has 0 spiro atoms. The molecule has 1 aliphatic rings. The zero-order valence-corrected chi connectivity index (χ0v) is 19.8. The van der Waals surface area contributed by atoms with E-state index < -0.39 is 11.6 Å². The van der Waals surface area contributed by atoms with Gasteiger partial charge in [-0.15, -0.1) is 0 Å². The lowest BCUT2D eigenvalue weighted by molar-refractivity contribution is 0.485. The molecular weight excluding hydrogens is 476 g/mol. The molecule has 37 heavy (non-hydrogen) atoms. The van der Waals surface area contributed by atoms with Crippen LogP contribution in [0.4, 0.5) is 17.6 Å². The second-order valence-corrected chi connectivity index (χ2v) is 9.67. The number of aromatic nitrogens is 2. The number of hydrogen-bond donors (Lipinski definition) is 0. The zero-order chi connectivity index (χ0) is 25.4. The Morgan fingerprint density at radius 2 is 1.14 bits per heavy atom. The van der Waals surface area contributed by atoms with E-state index in [0.717, 1.165) is 33.6 Å². The first-order valence-electron chi connectivity index (χ1n) is 12.1.